The number of benzene rings is 2. The van der Waals surface area contributed by atoms with Crippen molar-refractivity contribution in [3.8, 4) is 5.75 Å². The van der Waals surface area contributed by atoms with Crippen molar-refractivity contribution < 1.29 is 18.3 Å². The van der Waals surface area contributed by atoms with Crippen LogP contribution in [0.4, 0.5) is 4.39 Å². The van der Waals surface area contributed by atoms with E-state index in [1.165, 1.54) is 18.2 Å². The van der Waals surface area contributed by atoms with Gasteiger partial charge in [-0.25, -0.2) is 9.37 Å². The summed E-state index contributed by atoms with van der Waals surface area (Å²) < 4.78 is 24.7. The van der Waals surface area contributed by atoms with Crippen molar-refractivity contribution in [3.63, 3.8) is 0 Å². The van der Waals surface area contributed by atoms with Crippen molar-refractivity contribution in [1.29, 1.82) is 0 Å². The molecule has 0 radical (unpaired) electrons. The van der Waals surface area contributed by atoms with Gasteiger partial charge in [0, 0.05) is 30.6 Å². The number of oxazole rings is 1. The van der Waals surface area contributed by atoms with E-state index in [9.17, 15) is 9.18 Å². The number of carbonyl (C=O) groups excluding carboxylic acids is 1. The third-order valence-electron chi connectivity index (χ3n) is 5.22. The smallest absolute Gasteiger partial charge is 0.260 e. The Bertz CT molecular complexity index is 1070. The van der Waals surface area contributed by atoms with E-state index in [0.717, 1.165) is 24.2 Å². The van der Waals surface area contributed by atoms with Gasteiger partial charge in [0.2, 0.25) is 0 Å². The highest BCUT2D eigenvalue weighted by Crippen LogP contribution is 2.28. The van der Waals surface area contributed by atoms with Gasteiger partial charge < -0.3 is 14.1 Å². The summed E-state index contributed by atoms with van der Waals surface area (Å²) in [7, 11) is 0. The Morgan fingerprint density at radius 3 is 2.94 bits per heavy atom. The van der Waals surface area contributed by atoms with Gasteiger partial charge in [-0.05, 0) is 42.7 Å². The predicted octanol–water partition coefficient (Wildman–Crippen LogP) is 5.50. The van der Waals surface area contributed by atoms with Gasteiger partial charge in [0.15, 0.2) is 12.5 Å². The molecule has 4 rings (SSSR count). The average molecular weight is 463 g/mol. The van der Waals surface area contributed by atoms with E-state index in [1.54, 1.807) is 11.1 Å². The zero-order chi connectivity index (χ0) is 21.8. The molecule has 0 saturated carbocycles. The quantitative estimate of drug-likeness (QED) is 0.485. The zero-order valence-electron chi connectivity index (χ0n) is 16.7. The van der Waals surface area contributed by atoms with Crippen LogP contribution in [0.5, 0.6) is 5.75 Å². The highest BCUT2D eigenvalue weighted by molar-refractivity contribution is 6.31. The molecule has 1 fully saturated rings. The molecule has 5 nitrogen and oxygen atoms in total. The SMILES string of the molecule is O=C(COc1ccc(F)c(Cl)c1)N1CCCC(c2ncc(Cc3cccc(Cl)c3)o2)C1. The summed E-state index contributed by atoms with van der Waals surface area (Å²) in [6.45, 7) is 1.03. The number of halogens is 3. The Labute approximate surface area is 189 Å². The van der Waals surface area contributed by atoms with Crippen molar-refractivity contribution >= 4 is 29.1 Å². The lowest BCUT2D eigenvalue weighted by Gasteiger charge is -2.31. The molecule has 0 N–H and O–H groups in total. The second kappa shape index (κ2) is 9.71. The summed E-state index contributed by atoms with van der Waals surface area (Å²) in [4.78, 5) is 18.8. The minimum Gasteiger partial charge on any atom is -0.484 e. The molecule has 0 bridgehead atoms. The Kier molecular flexibility index (Phi) is 6.78. The third-order valence-corrected chi connectivity index (χ3v) is 5.74. The van der Waals surface area contributed by atoms with Crippen LogP contribution in [0.2, 0.25) is 10.0 Å². The lowest BCUT2D eigenvalue weighted by molar-refractivity contribution is -0.134. The second-order valence-corrected chi connectivity index (χ2v) is 8.36. The van der Waals surface area contributed by atoms with E-state index in [1.807, 2.05) is 24.3 Å². The third kappa shape index (κ3) is 5.57. The number of aromatic nitrogens is 1. The highest BCUT2D eigenvalue weighted by Gasteiger charge is 2.28. The van der Waals surface area contributed by atoms with Gasteiger partial charge in [-0.15, -0.1) is 0 Å². The normalized spacial score (nSPS) is 16.4. The summed E-state index contributed by atoms with van der Waals surface area (Å²) in [5.41, 5.74) is 1.05. The van der Waals surface area contributed by atoms with Gasteiger partial charge in [0.1, 0.15) is 17.3 Å². The largest absolute Gasteiger partial charge is 0.484 e. The van der Waals surface area contributed by atoms with Gasteiger partial charge in [-0.3, -0.25) is 4.79 Å². The van der Waals surface area contributed by atoms with E-state index in [-0.39, 0.29) is 23.5 Å². The minimum atomic E-state index is -0.528. The molecule has 2 heterocycles. The molecule has 2 aromatic carbocycles. The maximum Gasteiger partial charge on any atom is 0.260 e. The van der Waals surface area contributed by atoms with Gasteiger partial charge >= 0.3 is 0 Å². The molecule has 8 heteroatoms. The number of likely N-dealkylation sites (tertiary alicyclic amines) is 1. The zero-order valence-corrected chi connectivity index (χ0v) is 18.2. The lowest BCUT2D eigenvalue weighted by atomic mass is 9.98. The molecule has 1 saturated heterocycles. The number of hydrogen-bond donors (Lipinski definition) is 0. The van der Waals surface area contributed by atoms with Crippen LogP contribution in [-0.2, 0) is 11.2 Å². The molecular weight excluding hydrogens is 442 g/mol. The van der Waals surface area contributed by atoms with Gasteiger partial charge in [0.25, 0.3) is 5.91 Å². The summed E-state index contributed by atoms with van der Waals surface area (Å²) >= 11 is 11.8. The standard InChI is InChI=1S/C23H21Cl2FN2O3/c24-17-5-1-3-15(9-17)10-19-12-27-23(31-19)16-4-2-8-28(13-16)22(29)14-30-18-6-7-21(26)20(25)11-18/h1,3,5-7,9,11-12,16H,2,4,8,10,13-14H2. The maximum absolute atomic E-state index is 13.3. The van der Waals surface area contributed by atoms with E-state index in [0.29, 0.717) is 36.2 Å². The number of amides is 1. The molecule has 1 amide bonds. The van der Waals surface area contributed by atoms with Crippen LogP contribution < -0.4 is 4.74 Å². The van der Waals surface area contributed by atoms with Crippen LogP contribution in [0.3, 0.4) is 0 Å². The molecular formula is C23H21Cl2FN2O3. The lowest BCUT2D eigenvalue weighted by Crippen LogP contribution is -2.41. The minimum absolute atomic E-state index is 0.0334. The van der Waals surface area contributed by atoms with Crippen molar-refractivity contribution in [2.45, 2.75) is 25.2 Å². The first kappa shape index (κ1) is 21.7. The summed E-state index contributed by atoms with van der Waals surface area (Å²) in [6.07, 6.45) is 4.09. The highest BCUT2D eigenvalue weighted by atomic mass is 35.5. The Morgan fingerprint density at radius 2 is 2.13 bits per heavy atom. The molecule has 1 aliphatic heterocycles. The number of ether oxygens (including phenoxy) is 1. The first-order valence-corrected chi connectivity index (χ1v) is 10.8. The Balaban J connectivity index is 1.34. The molecule has 3 aromatic rings. The van der Waals surface area contributed by atoms with Crippen molar-refractivity contribution in [1.82, 2.24) is 9.88 Å². The van der Waals surface area contributed by atoms with Crippen LogP contribution in [0.25, 0.3) is 0 Å². The summed E-state index contributed by atoms with van der Waals surface area (Å²) in [6, 6.07) is 11.6. The van der Waals surface area contributed by atoms with Gasteiger partial charge in [0.05, 0.1) is 17.1 Å². The molecule has 162 valence electrons. The average Bonchev–Trinajstić information content (AvgIpc) is 3.23. The fraction of sp³-hybridized carbons (Fsp3) is 0.304. The number of piperidine rings is 1. The maximum atomic E-state index is 13.3. The van der Waals surface area contributed by atoms with E-state index >= 15 is 0 Å². The van der Waals surface area contributed by atoms with E-state index in [2.05, 4.69) is 4.98 Å². The van der Waals surface area contributed by atoms with Crippen molar-refractivity contribution in [2.75, 3.05) is 19.7 Å². The van der Waals surface area contributed by atoms with E-state index in [4.69, 9.17) is 32.4 Å². The van der Waals surface area contributed by atoms with Crippen molar-refractivity contribution in [2.24, 2.45) is 0 Å². The predicted molar refractivity (Wildman–Crippen MR) is 116 cm³/mol. The van der Waals surface area contributed by atoms with Crippen LogP contribution in [0.1, 0.15) is 36.0 Å². The van der Waals surface area contributed by atoms with Crippen LogP contribution in [0.15, 0.2) is 53.1 Å². The van der Waals surface area contributed by atoms with Gasteiger partial charge in [-0.2, -0.15) is 0 Å². The Hall–Kier alpha value is -2.57. The number of rotatable bonds is 6. The fourth-order valence-electron chi connectivity index (χ4n) is 3.65. The first-order chi connectivity index (χ1) is 15.0. The fourth-order valence-corrected chi connectivity index (χ4v) is 4.03. The van der Waals surface area contributed by atoms with Crippen molar-refractivity contribution in [3.05, 3.63) is 81.7 Å². The molecule has 1 atom stereocenters. The van der Waals surface area contributed by atoms with Crippen LogP contribution in [0, 0.1) is 5.82 Å². The molecule has 1 unspecified atom stereocenters. The number of nitrogens with zero attached hydrogens (tertiary/aromatic N) is 2. The molecule has 31 heavy (non-hydrogen) atoms. The second-order valence-electron chi connectivity index (χ2n) is 7.52. The molecule has 0 aliphatic carbocycles. The topological polar surface area (TPSA) is 55.6 Å². The van der Waals surface area contributed by atoms with E-state index < -0.39 is 5.82 Å². The molecule has 1 aromatic heterocycles. The van der Waals surface area contributed by atoms with Crippen LogP contribution in [-0.4, -0.2) is 35.5 Å². The Morgan fingerprint density at radius 1 is 1.26 bits per heavy atom. The monoisotopic (exact) mass is 462 g/mol. The number of hydrogen-bond acceptors (Lipinski definition) is 4. The molecule has 0 spiro atoms. The number of carbonyl (C=O) groups is 1. The van der Waals surface area contributed by atoms with Crippen LogP contribution >= 0.6 is 23.2 Å². The summed E-state index contributed by atoms with van der Waals surface area (Å²) in [5.74, 6) is 1.12. The first-order valence-electron chi connectivity index (χ1n) is 10.0. The summed E-state index contributed by atoms with van der Waals surface area (Å²) in [5, 5.41) is 0.643. The van der Waals surface area contributed by atoms with Gasteiger partial charge in [-0.1, -0.05) is 35.3 Å². The molecule has 1 aliphatic rings.